The third-order valence-corrected chi connectivity index (χ3v) is 3.91. The number of nitrogens with zero attached hydrogens (tertiary/aromatic N) is 1. The van der Waals surface area contributed by atoms with Crippen LogP contribution in [-0.4, -0.2) is 35.3 Å². The largest absolute Gasteiger partial charge is 0.352 e. The lowest BCUT2D eigenvalue weighted by Crippen LogP contribution is -2.48. The summed E-state index contributed by atoms with van der Waals surface area (Å²) in [7, 11) is 0. The second-order valence-electron chi connectivity index (χ2n) is 5.21. The van der Waals surface area contributed by atoms with Crippen molar-refractivity contribution in [3.05, 3.63) is 0 Å². The summed E-state index contributed by atoms with van der Waals surface area (Å²) >= 11 is 0. The molecule has 2 rings (SSSR count). The Morgan fingerprint density at radius 3 is 2.41 bits per heavy atom. The third kappa shape index (κ3) is 2.99. The van der Waals surface area contributed by atoms with Crippen LogP contribution in [0.4, 0.5) is 0 Å². The van der Waals surface area contributed by atoms with Gasteiger partial charge in [0.25, 0.3) is 0 Å². The van der Waals surface area contributed by atoms with Crippen molar-refractivity contribution in [2.45, 2.75) is 64.0 Å². The van der Waals surface area contributed by atoms with Crippen molar-refractivity contribution in [1.29, 1.82) is 0 Å². The smallest absolute Gasteiger partial charge is 0.243 e. The van der Waals surface area contributed by atoms with E-state index in [1.54, 1.807) is 11.8 Å². The topological polar surface area (TPSA) is 49.4 Å². The van der Waals surface area contributed by atoms with E-state index in [4.69, 9.17) is 0 Å². The van der Waals surface area contributed by atoms with Gasteiger partial charge in [0.1, 0.15) is 6.04 Å². The average Bonchev–Trinajstić information content (AvgIpc) is 2.79. The highest BCUT2D eigenvalue weighted by Gasteiger charge is 2.33. The molecular formula is C13H22N2O2. The first-order chi connectivity index (χ1) is 8.18. The van der Waals surface area contributed by atoms with E-state index < -0.39 is 0 Å². The van der Waals surface area contributed by atoms with Crippen LogP contribution >= 0.6 is 0 Å². The predicted molar refractivity (Wildman–Crippen MR) is 65.4 cm³/mol. The summed E-state index contributed by atoms with van der Waals surface area (Å²) < 4.78 is 0. The predicted octanol–water partition coefficient (Wildman–Crippen LogP) is 1.45. The Bertz CT molecular complexity index is 298. The molecule has 1 atom stereocenters. The highest BCUT2D eigenvalue weighted by atomic mass is 16.2. The fourth-order valence-corrected chi connectivity index (χ4v) is 2.96. The van der Waals surface area contributed by atoms with Gasteiger partial charge in [-0.25, -0.2) is 0 Å². The van der Waals surface area contributed by atoms with Gasteiger partial charge in [0.05, 0.1) is 0 Å². The molecule has 0 spiro atoms. The average molecular weight is 238 g/mol. The highest BCUT2D eigenvalue weighted by Crippen LogP contribution is 2.20. The summed E-state index contributed by atoms with van der Waals surface area (Å²) in [5.41, 5.74) is 0. The molecule has 1 saturated carbocycles. The van der Waals surface area contributed by atoms with Crippen LogP contribution in [0.5, 0.6) is 0 Å². The number of carbonyl (C=O) groups is 2. The molecule has 2 aliphatic rings. The van der Waals surface area contributed by atoms with E-state index in [1.807, 2.05) is 0 Å². The van der Waals surface area contributed by atoms with Gasteiger partial charge in [-0.1, -0.05) is 19.3 Å². The maximum atomic E-state index is 12.1. The summed E-state index contributed by atoms with van der Waals surface area (Å²) in [6.07, 6.45) is 7.67. The number of hydrogen-bond acceptors (Lipinski definition) is 2. The van der Waals surface area contributed by atoms with Crippen molar-refractivity contribution < 1.29 is 9.59 Å². The molecular weight excluding hydrogens is 216 g/mol. The molecule has 0 radical (unpaired) electrons. The van der Waals surface area contributed by atoms with Crippen LogP contribution in [-0.2, 0) is 9.59 Å². The summed E-state index contributed by atoms with van der Waals surface area (Å²) in [5, 5.41) is 3.11. The number of likely N-dealkylation sites (tertiary alicyclic amines) is 1. The normalized spacial score (nSPS) is 25.9. The van der Waals surface area contributed by atoms with Crippen LogP contribution in [0.3, 0.4) is 0 Å². The van der Waals surface area contributed by atoms with Crippen LogP contribution in [0.15, 0.2) is 0 Å². The fourth-order valence-electron chi connectivity index (χ4n) is 2.96. The molecule has 0 bridgehead atoms. The van der Waals surface area contributed by atoms with Gasteiger partial charge in [-0.15, -0.1) is 0 Å². The molecule has 0 aromatic heterocycles. The van der Waals surface area contributed by atoms with Crippen molar-refractivity contribution >= 4 is 11.8 Å². The van der Waals surface area contributed by atoms with Crippen LogP contribution in [0, 0.1) is 0 Å². The van der Waals surface area contributed by atoms with E-state index in [9.17, 15) is 9.59 Å². The zero-order chi connectivity index (χ0) is 12.3. The van der Waals surface area contributed by atoms with Gasteiger partial charge in [0, 0.05) is 19.5 Å². The molecule has 96 valence electrons. The lowest BCUT2D eigenvalue weighted by Gasteiger charge is -2.27. The third-order valence-electron chi connectivity index (χ3n) is 3.91. The molecule has 4 nitrogen and oxygen atoms in total. The van der Waals surface area contributed by atoms with Crippen LogP contribution in [0.2, 0.25) is 0 Å². The number of rotatable bonds is 2. The molecule has 0 aromatic carbocycles. The Morgan fingerprint density at radius 2 is 1.76 bits per heavy atom. The van der Waals surface area contributed by atoms with Crippen molar-refractivity contribution in [3.63, 3.8) is 0 Å². The van der Waals surface area contributed by atoms with Gasteiger partial charge >= 0.3 is 0 Å². The first-order valence-electron chi connectivity index (χ1n) is 6.76. The van der Waals surface area contributed by atoms with E-state index in [0.717, 1.165) is 32.2 Å². The lowest BCUT2D eigenvalue weighted by atomic mass is 9.95. The lowest BCUT2D eigenvalue weighted by molar-refractivity contribution is -0.137. The SMILES string of the molecule is CC(=O)N1CCC[C@@H]1C(=O)NC1CCCCC1. The van der Waals surface area contributed by atoms with E-state index >= 15 is 0 Å². The summed E-state index contributed by atoms with van der Waals surface area (Å²) in [6, 6.07) is 0.125. The van der Waals surface area contributed by atoms with Crippen molar-refractivity contribution in [3.8, 4) is 0 Å². The first kappa shape index (κ1) is 12.4. The Hall–Kier alpha value is -1.06. The fraction of sp³-hybridized carbons (Fsp3) is 0.846. The first-order valence-corrected chi connectivity index (χ1v) is 6.76. The quantitative estimate of drug-likeness (QED) is 0.791. The minimum atomic E-state index is -0.213. The van der Waals surface area contributed by atoms with Gasteiger partial charge in [0.2, 0.25) is 11.8 Å². The van der Waals surface area contributed by atoms with Crippen LogP contribution in [0.25, 0.3) is 0 Å². The maximum absolute atomic E-state index is 12.1. The second kappa shape index (κ2) is 5.52. The maximum Gasteiger partial charge on any atom is 0.243 e. The monoisotopic (exact) mass is 238 g/mol. The molecule has 1 heterocycles. The number of hydrogen-bond donors (Lipinski definition) is 1. The van der Waals surface area contributed by atoms with Gasteiger partial charge < -0.3 is 10.2 Å². The number of amides is 2. The van der Waals surface area contributed by atoms with Gasteiger partial charge in [-0.2, -0.15) is 0 Å². The Labute approximate surface area is 103 Å². The minimum Gasteiger partial charge on any atom is -0.352 e. The molecule has 2 amide bonds. The van der Waals surface area contributed by atoms with Gasteiger partial charge in [-0.05, 0) is 25.7 Å². The Balaban J connectivity index is 1.88. The molecule has 1 aliphatic carbocycles. The van der Waals surface area contributed by atoms with E-state index in [2.05, 4.69) is 5.32 Å². The van der Waals surface area contributed by atoms with E-state index in [0.29, 0.717) is 6.04 Å². The van der Waals surface area contributed by atoms with Gasteiger partial charge in [0.15, 0.2) is 0 Å². The van der Waals surface area contributed by atoms with Crippen LogP contribution < -0.4 is 5.32 Å². The van der Waals surface area contributed by atoms with Crippen LogP contribution in [0.1, 0.15) is 51.9 Å². The molecule has 4 heteroatoms. The van der Waals surface area contributed by atoms with E-state index in [-0.39, 0.29) is 17.9 Å². The molecule has 2 fully saturated rings. The zero-order valence-electron chi connectivity index (χ0n) is 10.6. The molecule has 1 N–H and O–H groups in total. The molecule has 1 aliphatic heterocycles. The second-order valence-corrected chi connectivity index (χ2v) is 5.21. The standard InChI is InChI=1S/C13H22N2O2/c1-10(16)15-9-5-8-12(15)13(17)14-11-6-3-2-4-7-11/h11-12H,2-9H2,1H3,(H,14,17)/t12-/m1/s1. The highest BCUT2D eigenvalue weighted by molar-refractivity contribution is 5.87. The molecule has 1 saturated heterocycles. The summed E-state index contributed by atoms with van der Waals surface area (Å²) in [5.74, 6) is 0.0795. The van der Waals surface area contributed by atoms with Crippen molar-refractivity contribution in [1.82, 2.24) is 10.2 Å². The van der Waals surface area contributed by atoms with E-state index in [1.165, 1.54) is 19.3 Å². The Morgan fingerprint density at radius 1 is 1.06 bits per heavy atom. The number of nitrogens with one attached hydrogen (secondary N) is 1. The Kier molecular flexibility index (Phi) is 4.02. The molecule has 17 heavy (non-hydrogen) atoms. The molecule has 0 unspecified atom stereocenters. The van der Waals surface area contributed by atoms with Crippen molar-refractivity contribution in [2.75, 3.05) is 6.54 Å². The van der Waals surface area contributed by atoms with Crippen molar-refractivity contribution in [2.24, 2.45) is 0 Å². The summed E-state index contributed by atoms with van der Waals surface area (Å²) in [4.78, 5) is 25.2. The molecule has 0 aromatic rings. The van der Waals surface area contributed by atoms with Gasteiger partial charge in [-0.3, -0.25) is 9.59 Å². The number of carbonyl (C=O) groups excluding carboxylic acids is 2. The minimum absolute atomic E-state index is 0.0197. The summed E-state index contributed by atoms with van der Waals surface area (Å²) in [6.45, 7) is 2.28. The zero-order valence-corrected chi connectivity index (χ0v) is 10.6.